The normalized spacial score (nSPS) is 9.09. The first-order chi connectivity index (χ1) is 5.18. The standard InChI is InChI=1S/C7H6NO3/c9-6-3-1-5(2-4-6)8-7(10)11/h1,3-4,8-9H,(H,10,11). The number of aromatic hydroxyl groups is 1. The predicted octanol–water partition coefficient (Wildman–Crippen LogP) is 1.28. The van der Waals surface area contributed by atoms with Crippen LogP contribution in [0.1, 0.15) is 0 Å². The predicted molar refractivity (Wildman–Crippen MR) is 38.6 cm³/mol. The molecule has 0 bridgehead atoms. The lowest BCUT2D eigenvalue weighted by Crippen LogP contribution is -2.06. The largest absolute Gasteiger partial charge is 0.508 e. The molecule has 0 fully saturated rings. The molecule has 0 unspecified atom stereocenters. The first kappa shape index (κ1) is 7.40. The van der Waals surface area contributed by atoms with Crippen LogP contribution >= 0.6 is 0 Å². The highest BCUT2D eigenvalue weighted by molar-refractivity contribution is 5.82. The quantitative estimate of drug-likeness (QED) is 0.531. The molecule has 1 radical (unpaired) electrons. The number of amides is 1. The minimum Gasteiger partial charge on any atom is -0.508 e. The summed E-state index contributed by atoms with van der Waals surface area (Å²) in [7, 11) is 0. The fraction of sp³-hybridized carbons (Fsp3) is 0. The summed E-state index contributed by atoms with van der Waals surface area (Å²) in [6.45, 7) is 0. The summed E-state index contributed by atoms with van der Waals surface area (Å²) in [6.07, 6.45) is -1.15. The number of nitrogens with one attached hydrogen (secondary N) is 1. The summed E-state index contributed by atoms with van der Waals surface area (Å²) >= 11 is 0. The average molecular weight is 152 g/mol. The van der Waals surface area contributed by atoms with E-state index in [4.69, 9.17) is 10.2 Å². The van der Waals surface area contributed by atoms with Crippen molar-refractivity contribution in [2.75, 3.05) is 5.32 Å². The molecule has 0 atom stereocenters. The summed E-state index contributed by atoms with van der Waals surface area (Å²) < 4.78 is 0. The SMILES string of the molecule is O=C(O)Nc1[c]cc(O)cc1. The topological polar surface area (TPSA) is 69.6 Å². The Morgan fingerprint density at radius 1 is 1.55 bits per heavy atom. The Bertz CT molecular complexity index is 255. The zero-order valence-corrected chi connectivity index (χ0v) is 5.53. The van der Waals surface area contributed by atoms with Gasteiger partial charge in [-0.1, -0.05) is 0 Å². The van der Waals surface area contributed by atoms with Crippen LogP contribution in [0.15, 0.2) is 18.2 Å². The molecule has 3 N–H and O–H groups in total. The van der Waals surface area contributed by atoms with Gasteiger partial charge in [-0.2, -0.15) is 0 Å². The van der Waals surface area contributed by atoms with Gasteiger partial charge in [-0.15, -0.1) is 0 Å². The maximum Gasteiger partial charge on any atom is 0.409 e. The molecule has 11 heavy (non-hydrogen) atoms. The first-order valence-electron chi connectivity index (χ1n) is 2.89. The molecule has 1 amide bonds. The van der Waals surface area contributed by atoms with Crippen LogP contribution < -0.4 is 5.32 Å². The molecule has 4 nitrogen and oxygen atoms in total. The second-order valence-electron chi connectivity index (χ2n) is 1.89. The van der Waals surface area contributed by atoms with Gasteiger partial charge in [0.15, 0.2) is 0 Å². The van der Waals surface area contributed by atoms with Crippen molar-refractivity contribution in [1.29, 1.82) is 0 Å². The van der Waals surface area contributed by atoms with Gasteiger partial charge in [0, 0.05) is 6.07 Å². The third-order valence-corrected chi connectivity index (χ3v) is 1.04. The van der Waals surface area contributed by atoms with Crippen molar-refractivity contribution in [3.05, 3.63) is 24.3 Å². The number of anilines is 1. The molecule has 1 aromatic rings. The van der Waals surface area contributed by atoms with Crippen LogP contribution in [-0.2, 0) is 0 Å². The molecule has 0 aliphatic heterocycles. The number of phenolic OH excluding ortho intramolecular Hbond substituents is 1. The molecular formula is C7H6NO3. The minimum absolute atomic E-state index is 0.0564. The van der Waals surface area contributed by atoms with E-state index >= 15 is 0 Å². The lowest BCUT2D eigenvalue weighted by Gasteiger charge is -1.98. The van der Waals surface area contributed by atoms with Crippen LogP contribution in [0.25, 0.3) is 0 Å². The molecule has 0 saturated carbocycles. The molecule has 0 aromatic heterocycles. The number of rotatable bonds is 1. The smallest absolute Gasteiger partial charge is 0.409 e. The molecule has 4 heteroatoms. The Labute approximate surface area is 63.1 Å². The van der Waals surface area contributed by atoms with Crippen molar-refractivity contribution in [2.45, 2.75) is 0 Å². The number of benzene rings is 1. The highest BCUT2D eigenvalue weighted by Gasteiger charge is 1.96. The second kappa shape index (κ2) is 2.92. The van der Waals surface area contributed by atoms with E-state index in [9.17, 15) is 4.79 Å². The van der Waals surface area contributed by atoms with Gasteiger partial charge in [-0.25, -0.2) is 4.79 Å². The Morgan fingerprint density at radius 3 is 2.73 bits per heavy atom. The van der Waals surface area contributed by atoms with E-state index in [-0.39, 0.29) is 5.75 Å². The van der Waals surface area contributed by atoms with E-state index in [0.29, 0.717) is 5.69 Å². The Morgan fingerprint density at radius 2 is 2.27 bits per heavy atom. The summed E-state index contributed by atoms with van der Waals surface area (Å²) in [5.74, 6) is 0.0564. The Balaban J connectivity index is 2.74. The zero-order valence-electron chi connectivity index (χ0n) is 5.53. The van der Waals surface area contributed by atoms with Crippen LogP contribution in [-0.4, -0.2) is 16.3 Å². The molecular weight excluding hydrogens is 146 g/mol. The Hall–Kier alpha value is -1.71. The summed E-state index contributed by atoms with van der Waals surface area (Å²) in [4.78, 5) is 10.1. The molecule has 0 spiro atoms. The van der Waals surface area contributed by atoms with Crippen LogP contribution in [0.3, 0.4) is 0 Å². The molecule has 0 aliphatic rings. The van der Waals surface area contributed by atoms with Crippen LogP contribution in [0, 0.1) is 6.07 Å². The van der Waals surface area contributed by atoms with Gasteiger partial charge in [0.1, 0.15) is 5.75 Å². The van der Waals surface area contributed by atoms with Crippen molar-refractivity contribution in [3.8, 4) is 5.75 Å². The van der Waals surface area contributed by atoms with E-state index in [2.05, 4.69) is 11.4 Å². The van der Waals surface area contributed by atoms with Crippen molar-refractivity contribution in [3.63, 3.8) is 0 Å². The second-order valence-corrected chi connectivity index (χ2v) is 1.89. The number of phenols is 1. The van der Waals surface area contributed by atoms with Gasteiger partial charge >= 0.3 is 6.09 Å². The molecule has 0 aliphatic carbocycles. The van der Waals surface area contributed by atoms with Gasteiger partial charge in [0.2, 0.25) is 0 Å². The fourth-order valence-electron chi connectivity index (χ4n) is 0.610. The first-order valence-corrected chi connectivity index (χ1v) is 2.89. The summed E-state index contributed by atoms with van der Waals surface area (Å²) in [5, 5.41) is 19.1. The Kier molecular flexibility index (Phi) is 1.96. The molecule has 1 rings (SSSR count). The maximum absolute atomic E-state index is 10.1. The minimum atomic E-state index is -1.15. The third-order valence-electron chi connectivity index (χ3n) is 1.04. The van der Waals surface area contributed by atoms with E-state index in [1.165, 1.54) is 18.2 Å². The van der Waals surface area contributed by atoms with Gasteiger partial charge in [0.25, 0.3) is 0 Å². The number of carbonyl (C=O) groups is 1. The molecule has 57 valence electrons. The molecule has 0 heterocycles. The van der Waals surface area contributed by atoms with E-state index in [1.807, 2.05) is 0 Å². The van der Waals surface area contributed by atoms with Crippen LogP contribution in [0.4, 0.5) is 10.5 Å². The summed E-state index contributed by atoms with van der Waals surface area (Å²) in [5.41, 5.74) is 0.315. The number of hydrogen-bond donors (Lipinski definition) is 3. The highest BCUT2D eigenvalue weighted by atomic mass is 16.4. The van der Waals surface area contributed by atoms with E-state index < -0.39 is 6.09 Å². The monoisotopic (exact) mass is 152 g/mol. The fourth-order valence-corrected chi connectivity index (χ4v) is 0.610. The van der Waals surface area contributed by atoms with Crippen LogP contribution in [0.2, 0.25) is 0 Å². The average Bonchev–Trinajstić information content (AvgIpc) is 1.93. The van der Waals surface area contributed by atoms with Crippen molar-refractivity contribution in [2.24, 2.45) is 0 Å². The van der Waals surface area contributed by atoms with E-state index in [1.54, 1.807) is 0 Å². The summed E-state index contributed by atoms with van der Waals surface area (Å²) in [6, 6.07) is 6.61. The van der Waals surface area contributed by atoms with Crippen molar-refractivity contribution in [1.82, 2.24) is 0 Å². The lowest BCUT2D eigenvalue weighted by atomic mass is 10.3. The lowest BCUT2D eigenvalue weighted by molar-refractivity contribution is 0.209. The van der Waals surface area contributed by atoms with Crippen LogP contribution in [0.5, 0.6) is 5.75 Å². The van der Waals surface area contributed by atoms with Crippen molar-refractivity contribution >= 4 is 11.8 Å². The molecule has 1 aromatic carbocycles. The third kappa shape index (κ3) is 2.17. The van der Waals surface area contributed by atoms with Gasteiger partial charge in [0.05, 0.1) is 5.69 Å². The maximum atomic E-state index is 10.1. The number of hydrogen-bond acceptors (Lipinski definition) is 2. The number of carboxylic acid groups (broad SMARTS) is 1. The van der Waals surface area contributed by atoms with Gasteiger partial charge in [-0.05, 0) is 18.2 Å². The van der Waals surface area contributed by atoms with E-state index in [0.717, 1.165) is 0 Å². The van der Waals surface area contributed by atoms with Gasteiger partial charge < -0.3 is 10.2 Å². The van der Waals surface area contributed by atoms with Crippen molar-refractivity contribution < 1.29 is 15.0 Å². The van der Waals surface area contributed by atoms with Gasteiger partial charge in [-0.3, -0.25) is 5.32 Å². The zero-order chi connectivity index (χ0) is 8.27. The molecule has 0 saturated heterocycles. The highest BCUT2D eigenvalue weighted by Crippen LogP contribution is 2.12.